The summed E-state index contributed by atoms with van der Waals surface area (Å²) in [5.74, 6) is 3.76. The molecule has 0 aromatic carbocycles. The first kappa shape index (κ1) is 2.92. The van der Waals surface area contributed by atoms with Crippen LogP contribution < -0.4 is 0 Å². The van der Waals surface area contributed by atoms with Crippen LogP contribution in [0.3, 0.4) is 0 Å². The minimum atomic E-state index is 0.781. The van der Waals surface area contributed by atoms with E-state index >= 15 is 0 Å². The van der Waals surface area contributed by atoms with Crippen molar-refractivity contribution in [2.75, 3.05) is 0 Å². The Hall–Kier alpha value is -0.290. The van der Waals surface area contributed by atoms with Gasteiger partial charge in [-0.25, -0.2) is 0 Å². The second-order valence-corrected chi connectivity index (χ2v) is 1.63. The molecule has 26 valence electrons. The van der Waals surface area contributed by atoms with Gasteiger partial charge in [-0.3, -0.25) is 0 Å². The molecule has 1 atom stereocenters. The maximum Gasteiger partial charge on any atom is 0.263 e. The molecule has 0 aliphatic rings. The van der Waals surface area contributed by atoms with E-state index in [2.05, 4.69) is 4.42 Å². The molecule has 1 heterocycles. The van der Waals surface area contributed by atoms with Crippen LogP contribution in [0.25, 0.3) is 0 Å². The van der Waals surface area contributed by atoms with Gasteiger partial charge in [0.25, 0.3) is 5.99 Å². The highest BCUT2D eigenvalue weighted by atomic mass is 31.0. The first-order chi connectivity index (χ1) is 2.50. The van der Waals surface area contributed by atoms with Crippen LogP contribution in [0, 0.1) is 0 Å². The molecule has 0 radical (unpaired) electrons. The number of hydrogen-bond donors (Lipinski definition) is 0. The fourth-order valence-corrected chi connectivity index (χ4v) is 0.589. The molecule has 0 saturated carbocycles. The molecule has 0 saturated heterocycles. The lowest BCUT2D eigenvalue weighted by Gasteiger charge is -1.42. The van der Waals surface area contributed by atoms with E-state index in [9.17, 15) is 0 Å². The standard InChI is InChI=1S/C3H3OP/c1-2-5-3-4-1/h1-3H/p+1. The van der Waals surface area contributed by atoms with Crippen LogP contribution in [0.5, 0.6) is 0 Å². The third kappa shape index (κ3) is 0.489. The molecule has 5 heavy (non-hydrogen) atoms. The van der Waals surface area contributed by atoms with Crippen LogP contribution in [0.2, 0.25) is 0 Å². The predicted molar refractivity (Wildman–Crippen MR) is 22.6 cm³/mol. The molecule has 1 aromatic rings. The van der Waals surface area contributed by atoms with Crippen molar-refractivity contribution < 1.29 is 4.42 Å². The van der Waals surface area contributed by atoms with Crippen molar-refractivity contribution in [2.24, 2.45) is 0 Å². The average molecular weight is 87.0 g/mol. The van der Waals surface area contributed by atoms with Crippen molar-refractivity contribution in [1.82, 2.24) is 0 Å². The first-order valence-electron chi connectivity index (χ1n) is 1.38. The Morgan fingerprint density at radius 1 is 1.60 bits per heavy atom. The Morgan fingerprint density at radius 2 is 2.60 bits per heavy atom. The normalized spacial score (nSPS) is 9.60. The highest BCUT2D eigenvalue weighted by Crippen LogP contribution is 1.99. The molecule has 0 spiro atoms. The summed E-state index contributed by atoms with van der Waals surface area (Å²) in [5.41, 5.74) is 0. The van der Waals surface area contributed by atoms with Crippen molar-refractivity contribution in [3.8, 4) is 0 Å². The minimum Gasteiger partial charge on any atom is -0.431 e. The summed E-state index contributed by atoms with van der Waals surface area (Å²) in [6.07, 6.45) is 1.69. The molecule has 1 aromatic heterocycles. The summed E-state index contributed by atoms with van der Waals surface area (Å²) in [6.45, 7) is 0. The van der Waals surface area contributed by atoms with Crippen LogP contribution in [0.15, 0.2) is 22.5 Å². The van der Waals surface area contributed by atoms with E-state index in [1.807, 2.05) is 5.80 Å². The second-order valence-electron chi connectivity index (χ2n) is 0.723. The zero-order chi connectivity index (χ0) is 3.54. The van der Waals surface area contributed by atoms with Gasteiger partial charge in [0.15, 0.2) is 8.19 Å². The maximum absolute atomic E-state index is 4.65. The number of rotatable bonds is 0. The van der Waals surface area contributed by atoms with Crippen molar-refractivity contribution in [3.63, 3.8) is 0 Å². The molecule has 0 fully saturated rings. The monoisotopic (exact) mass is 87.0 g/mol. The number of hydrogen-bond acceptors (Lipinski definition) is 1. The molecular weight excluding hydrogens is 83.0 g/mol. The predicted octanol–water partition coefficient (Wildman–Crippen LogP) is 1.59. The van der Waals surface area contributed by atoms with E-state index in [-0.39, 0.29) is 0 Å². The maximum atomic E-state index is 4.65. The molecule has 0 aliphatic carbocycles. The zero-order valence-corrected chi connectivity index (χ0v) is 3.64. The van der Waals surface area contributed by atoms with Gasteiger partial charge in [-0.05, 0) is 0 Å². The zero-order valence-electron chi connectivity index (χ0n) is 2.64. The van der Waals surface area contributed by atoms with Crippen molar-refractivity contribution in [2.45, 2.75) is 0 Å². The van der Waals surface area contributed by atoms with Crippen LogP contribution in [-0.4, -0.2) is 0 Å². The molecule has 0 amide bonds. The van der Waals surface area contributed by atoms with Crippen LogP contribution in [0.1, 0.15) is 0 Å². The smallest absolute Gasteiger partial charge is 0.263 e. The van der Waals surface area contributed by atoms with E-state index in [1.54, 1.807) is 12.3 Å². The fourth-order valence-electron chi connectivity index (χ4n) is 0.196. The van der Waals surface area contributed by atoms with Crippen LogP contribution in [0.4, 0.5) is 0 Å². The topological polar surface area (TPSA) is 13.1 Å². The van der Waals surface area contributed by atoms with E-state index in [4.69, 9.17) is 0 Å². The Labute approximate surface area is 31.7 Å². The van der Waals surface area contributed by atoms with Crippen molar-refractivity contribution in [3.05, 3.63) is 18.1 Å². The van der Waals surface area contributed by atoms with Crippen molar-refractivity contribution >= 4 is 8.19 Å². The fraction of sp³-hybridized carbons (Fsp3) is 0. The van der Waals surface area contributed by atoms with Crippen LogP contribution >= 0.6 is 8.19 Å². The summed E-state index contributed by atoms with van der Waals surface area (Å²) in [6, 6.07) is 0. The van der Waals surface area contributed by atoms with E-state index in [1.165, 1.54) is 0 Å². The second kappa shape index (κ2) is 1.23. The van der Waals surface area contributed by atoms with E-state index in [0.29, 0.717) is 0 Å². The molecule has 0 N–H and O–H groups in total. The molecule has 1 nitrogen and oxygen atoms in total. The summed E-state index contributed by atoms with van der Waals surface area (Å²) in [7, 11) is 0.781. The Balaban J connectivity index is 3.13. The molecular formula is C3H4OP+. The molecule has 1 rings (SSSR count). The van der Waals surface area contributed by atoms with Gasteiger partial charge in [0, 0.05) is 0 Å². The Bertz CT molecular complexity index is 63.4. The lowest BCUT2D eigenvalue weighted by molar-refractivity contribution is 0.573. The highest BCUT2D eigenvalue weighted by Gasteiger charge is 1.72. The van der Waals surface area contributed by atoms with Gasteiger partial charge in [-0.1, -0.05) is 0 Å². The lowest BCUT2D eigenvalue weighted by Crippen LogP contribution is -1.16. The summed E-state index contributed by atoms with van der Waals surface area (Å²) in [4.78, 5) is 0. The molecule has 0 bridgehead atoms. The largest absolute Gasteiger partial charge is 0.431 e. The van der Waals surface area contributed by atoms with Gasteiger partial charge in [0.2, 0.25) is 0 Å². The summed E-state index contributed by atoms with van der Waals surface area (Å²) < 4.78 is 4.65. The third-order valence-corrected chi connectivity index (χ3v) is 0.980. The van der Waals surface area contributed by atoms with Gasteiger partial charge in [-0.15, -0.1) is 0 Å². The molecule has 2 heteroatoms. The summed E-state index contributed by atoms with van der Waals surface area (Å²) in [5, 5.41) is 0. The minimum absolute atomic E-state index is 0.781. The van der Waals surface area contributed by atoms with Crippen molar-refractivity contribution in [1.29, 1.82) is 0 Å². The highest BCUT2D eigenvalue weighted by molar-refractivity contribution is 7.28. The molecule has 1 unspecified atom stereocenters. The Kier molecular flexibility index (Phi) is 0.718. The van der Waals surface area contributed by atoms with Gasteiger partial charge < -0.3 is 4.42 Å². The average Bonchev–Trinajstić information content (AvgIpc) is 1.76. The summed E-state index contributed by atoms with van der Waals surface area (Å²) >= 11 is 0. The molecule has 0 aliphatic heterocycles. The van der Waals surface area contributed by atoms with Crippen LogP contribution in [-0.2, 0) is 0 Å². The van der Waals surface area contributed by atoms with Gasteiger partial charge in [-0.2, -0.15) is 0 Å². The quantitative estimate of drug-likeness (QED) is 0.468. The van der Waals surface area contributed by atoms with Gasteiger partial charge in [0.05, 0.1) is 0 Å². The first-order valence-corrected chi connectivity index (χ1v) is 2.54. The van der Waals surface area contributed by atoms with E-state index in [0.717, 1.165) is 8.19 Å². The van der Waals surface area contributed by atoms with Gasteiger partial charge >= 0.3 is 0 Å². The Morgan fingerprint density at radius 3 is 2.80 bits per heavy atom. The third-order valence-electron chi connectivity index (χ3n) is 0.379. The SMILES string of the molecule is c1c[pH+]co1. The van der Waals surface area contributed by atoms with E-state index < -0.39 is 0 Å². The van der Waals surface area contributed by atoms with Gasteiger partial charge in [0.1, 0.15) is 12.1 Å². The lowest BCUT2D eigenvalue weighted by atomic mass is 11.1.